The van der Waals surface area contributed by atoms with E-state index in [1.165, 1.54) is 6.08 Å². The predicted molar refractivity (Wildman–Crippen MR) is 147 cm³/mol. The second-order valence-corrected chi connectivity index (χ2v) is 9.30. The number of esters is 1. The number of ether oxygens (including phenoxy) is 2. The highest BCUT2D eigenvalue weighted by atomic mass is 16.5. The first-order valence-corrected chi connectivity index (χ1v) is 12.8. The maximum Gasteiger partial charge on any atom is 0.407 e. The number of hydrogen-bond acceptors (Lipinski definition) is 6. The van der Waals surface area contributed by atoms with Gasteiger partial charge >= 0.3 is 18.0 Å². The Morgan fingerprint density at radius 1 is 0.825 bits per heavy atom. The molecule has 40 heavy (non-hydrogen) atoms. The third-order valence-electron chi connectivity index (χ3n) is 6.58. The summed E-state index contributed by atoms with van der Waals surface area (Å²) in [7, 11) is 0. The molecule has 9 nitrogen and oxygen atoms in total. The summed E-state index contributed by atoms with van der Waals surface area (Å²) in [6.45, 7) is 3.48. The van der Waals surface area contributed by atoms with Gasteiger partial charge in [-0.2, -0.15) is 0 Å². The lowest BCUT2D eigenvalue weighted by molar-refractivity contribution is -0.147. The van der Waals surface area contributed by atoms with Crippen molar-refractivity contribution < 1.29 is 33.8 Å². The van der Waals surface area contributed by atoms with Crippen LogP contribution in [0, 0.1) is 0 Å². The lowest BCUT2D eigenvalue weighted by Crippen LogP contribution is -2.52. The fourth-order valence-corrected chi connectivity index (χ4v) is 4.62. The highest BCUT2D eigenvalue weighted by Gasteiger charge is 2.31. The second kappa shape index (κ2) is 13.2. The van der Waals surface area contributed by atoms with Gasteiger partial charge < -0.3 is 25.2 Å². The molecule has 0 aliphatic heterocycles. The van der Waals surface area contributed by atoms with Crippen LogP contribution in [0.25, 0.3) is 11.1 Å². The molecule has 0 saturated carbocycles. The van der Waals surface area contributed by atoms with Crippen molar-refractivity contribution in [2.45, 2.75) is 37.5 Å². The number of carbonyl (C=O) groups is 4. The minimum atomic E-state index is -1.43. The number of rotatable bonds is 12. The molecule has 0 aromatic heterocycles. The van der Waals surface area contributed by atoms with Crippen molar-refractivity contribution >= 4 is 23.9 Å². The standard InChI is InChI=1S/C31H30N2O7/c1-2-10-26(30(36)37)32-29(35)27(17-28(34)39-18-20-11-4-3-5-12-20)33-31(38)40-19-25-23-15-8-6-13-21(23)22-14-7-9-16-24(22)25/h2-9,11-16,25-27H,1,10,17-19H2,(H,32,35)(H,33,38)(H,36,37)/t26?,27-/m0/s1. The van der Waals surface area contributed by atoms with Crippen molar-refractivity contribution in [3.05, 3.63) is 108 Å². The van der Waals surface area contributed by atoms with Crippen LogP contribution in [0.1, 0.15) is 35.4 Å². The Labute approximate surface area is 231 Å². The molecule has 4 rings (SSSR count). The summed E-state index contributed by atoms with van der Waals surface area (Å²) >= 11 is 0. The van der Waals surface area contributed by atoms with Crippen molar-refractivity contribution in [2.75, 3.05) is 6.61 Å². The Balaban J connectivity index is 1.43. The monoisotopic (exact) mass is 542 g/mol. The van der Waals surface area contributed by atoms with E-state index in [1.807, 2.05) is 54.6 Å². The number of carboxylic acids is 1. The maximum absolute atomic E-state index is 13.0. The second-order valence-electron chi connectivity index (χ2n) is 9.30. The maximum atomic E-state index is 13.0. The van der Waals surface area contributed by atoms with Gasteiger partial charge in [0.15, 0.2) is 0 Å². The molecule has 3 aromatic rings. The number of aliphatic carboxylic acids is 1. The van der Waals surface area contributed by atoms with E-state index in [0.29, 0.717) is 0 Å². The molecule has 3 aromatic carbocycles. The highest BCUT2D eigenvalue weighted by Crippen LogP contribution is 2.44. The third-order valence-corrected chi connectivity index (χ3v) is 6.58. The highest BCUT2D eigenvalue weighted by molar-refractivity contribution is 5.92. The Bertz CT molecular complexity index is 1340. The Hall–Kier alpha value is -4.92. The van der Waals surface area contributed by atoms with Crippen LogP contribution >= 0.6 is 0 Å². The smallest absolute Gasteiger partial charge is 0.407 e. The molecule has 0 bridgehead atoms. The fourth-order valence-electron chi connectivity index (χ4n) is 4.62. The number of carboxylic acid groups (broad SMARTS) is 1. The molecule has 1 aliphatic rings. The molecule has 1 unspecified atom stereocenters. The van der Waals surface area contributed by atoms with Gasteiger partial charge in [0.1, 0.15) is 25.3 Å². The SMILES string of the molecule is C=CCC(NC(=O)[C@H](CC(=O)OCc1ccccc1)NC(=O)OCC1c2ccccc2-c2ccccc21)C(=O)O. The fraction of sp³-hybridized carbons (Fsp3) is 0.226. The van der Waals surface area contributed by atoms with E-state index in [1.54, 1.807) is 24.3 Å². The van der Waals surface area contributed by atoms with Gasteiger partial charge in [0.25, 0.3) is 0 Å². The summed E-state index contributed by atoms with van der Waals surface area (Å²) < 4.78 is 10.8. The molecule has 0 saturated heterocycles. The molecule has 2 atom stereocenters. The summed E-state index contributed by atoms with van der Waals surface area (Å²) in [5.41, 5.74) is 4.91. The molecule has 206 valence electrons. The molecule has 1 aliphatic carbocycles. The van der Waals surface area contributed by atoms with Gasteiger partial charge in [0.2, 0.25) is 5.91 Å². The van der Waals surface area contributed by atoms with Gasteiger partial charge in [-0.15, -0.1) is 6.58 Å². The van der Waals surface area contributed by atoms with Crippen LogP contribution in [0.5, 0.6) is 0 Å². The average Bonchev–Trinajstić information content (AvgIpc) is 3.28. The lowest BCUT2D eigenvalue weighted by atomic mass is 9.98. The zero-order valence-electron chi connectivity index (χ0n) is 21.7. The number of fused-ring (bicyclic) bond motifs is 3. The quantitative estimate of drug-likeness (QED) is 0.231. The first-order chi connectivity index (χ1) is 19.4. The van der Waals surface area contributed by atoms with E-state index < -0.39 is 42.4 Å². The number of alkyl carbamates (subject to hydrolysis) is 1. The molecule has 0 spiro atoms. The van der Waals surface area contributed by atoms with Crippen molar-refractivity contribution in [3.8, 4) is 11.1 Å². The Kier molecular flexibility index (Phi) is 9.30. The van der Waals surface area contributed by atoms with E-state index in [2.05, 4.69) is 17.2 Å². The Morgan fingerprint density at radius 2 is 1.43 bits per heavy atom. The van der Waals surface area contributed by atoms with Crippen molar-refractivity contribution in [1.82, 2.24) is 10.6 Å². The van der Waals surface area contributed by atoms with Crippen LogP contribution in [0.2, 0.25) is 0 Å². The molecule has 2 amide bonds. The molecular formula is C31H30N2O7. The van der Waals surface area contributed by atoms with Crippen LogP contribution in [0.3, 0.4) is 0 Å². The number of benzene rings is 3. The minimum absolute atomic E-state index is 0.000861. The number of amides is 2. The normalized spacial score (nSPS) is 13.2. The summed E-state index contributed by atoms with van der Waals surface area (Å²) in [5.74, 6) is -3.09. The van der Waals surface area contributed by atoms with E-state index in [-0.39, 0.29) is 25.6 Å². The molecular weight excluding hydrogens is 512 g/mol. The largest absolute Gasteiger partial charge is 0.480 e. The van der Waals surface area contributed by atoms with Gasteiger partial charge in [-0.3, -0.25) is 9.59 Å². The number of hydrogen-bond donors (Lipinski definition) is 3. The number of nitrogens with one attached hydrogen (secondary N) is 2. The first kappa shape index (κ1) is 28.1. The van der Waals surface area contributed by atoms with E-state index in [4.69, 9.17) is 9.47 Å². The van der Waals surface area contributed by atoms with Crippen molar-refractivity contribution in [2.24, 2.45) is 0 Å². The molecule has 0 fully saturated rings. The van der Waals surface area contributed by atoms with Crippen LogP contribution in [-0.4, -0.2) is 47.7 Å². The Morgan fingerprint density at radius 3 is 2.02 bits per heavy atom. The van der Waals surface area contributed by atoms with E-state index in [0.717, 1.165) is 27.8 Å². The summed E-state index contributed by atoms with van der Waals surface area (Å²) in [4.78, 5) is 49.9. The summed E-state index contributed by atoms with van der Waals surface area (Å²) in [6.07, 6.45) is -0.143. The molecule has 3 N–H and O–H groups in total. The molecule has 9 heteroatoms. The number of carbonyl (C=O) groups excluding carboxylic acids is 3. The third kappa shape index (κ3) is 6.93. The predicted octanol–water partition coefficient (Wildman–Crippen LogP) is 4.17. The first-order valence-electron chi connectivity index (χ1n) is 12.8. The lowest BCUT2D eigenvalue weighted by Gasteiger charge is -2.21. The topological polar surface area (TPSA) is 131 Å². The van der Waals surface area contributed by atoms with Crippen LogP contribution < -0.4 is 10.6 Å². The zero-order valence-corrected chi connectivity index (χ0v) is 21.7. The van der Waals surface area contributed by atoms with Gasteiger partial charge in [0.05, 0.1) is 6.42 Å². The van der Waals surface area contributed by atoms with E-state index in [9.17, 15) is 24.3 Å². The van der Waals surface area contributed by atoms with Gasteiger partial charge in [-0.25, -0.2) is 9.59 Å². The van der Waals surface area contributed by atoms with Crippen LogP contribution in [0.15, 0.2) is 91.5 Å². The summed E-state index contributed by atoms with van der Waals surface area (Å²) in [6, 6.07) is 22.0. The van der Waals surface area contributed by atoms with E-state index >= 15 is 0 Å². The van der Waals surface area contributed by atoms with Gasteiger partial charge in [0, 0.05) is 5.92 Å². The molecule has 0 radical (unpaired) electrons. The van der Waals surface area contributed by atoms with Crippen LogP contribution in [-0.2, 0) is 30.5 Å². The average molecular weight is 543 g/mol. The zero-order chi connectivity index (χ0) is 28.5. The van der Waals surface area contributed by atoms with Gasteiger partial charge in [-0.1, -0.05) is 84.9 Å². The summed E-state index contributed by atoms with van der Waals surface area (Å²) in [5, 5.41) is 14.2. The van der Waals surface area contributed by atoms with Crippen LogP contribution in [0.4, 0.5) is 4.79 Å². The molecule has 0 heterocycles. The van der Waals surface area contributed by atoms with Crippen molar-refractivity contribution in [1.29, 1.82) is 0 Å². The van der Waals surface area contributed by atoms with Gasteiger partial charge in [-0.05, 0) is 34.2 Å². The minimum Gasteiger partial charge on any atom is -0.480 e. The van der Waals surface area contributed by atoms with Crippen molar-refractivity contribution in [3.63, 3.8) is 0 Å².